The van der Waals surface area contributed by atoms with Gasteiger partial charge in [0, 0.05) is 4.43 Å². The summed E-state index contributed by atoms with van der Waals surface area (Å²) >= 11 is 2.32. The van der Waals surface area contributed by atoms with E-state index in [2.05, 4.69) is 29.5 Å². The molecule has 1 radical (unpaired) electrons. The highest BCUT2D eigenvalue weighted by Gasteiger charge is 2.07. The van der Waals surface area contributed by atoms with Crippen molar-refractivity contribution >= 4 is 22.6 Å². The molecule has 0 aliphatic carbocycles. The van der Waals surface area contributed by atoms with Crippen LogP contribution in [0.5, 0.6) is 0 Å². The lowest BCUT2D eigenvalue weighted by Crippen LogP contribution is -2.09. The summed E-state index contributed by atoms with van der Waals surface area (Å²) in [7, 11) is 0. The predicted octanol–water partition coefficient (Wildman–Crippen LogP) is 2.66. The summed E-state index contributed by atoms with van der Waals surface area (Å²) in [5.74, 6) is 0.605. The number of hydrogen-bond acceptors (Lipinski definition) is 0. The second kappa shape index (κ2) is 5.47. The van der Waals surface area contributed by atoms with Crippen LogP contribution in [-0.4, -0.2) is 10.5 Å². The molecule has 0 aromatic carbocycles. The Bertz CT molecular complexity index is 57.9. The van der Waals surface area contributed by atoms with Crippen LogP contribution in [0.1, 0.15) is 26.7 Å². The van der Waals surface area contributed by atoms with E-state index >= 15 is 0 Å². The van der Waals surface area contributed by atoms with E-state index in [1.807, 2.05) is 6.92 Å². The molecule has 0 bridgehead atoms. The molecule has 0 rings (SSSR count). The highest BCUT2D eigenvalue weighted by Crippen LogP contribution is 2.10. The molecule has 0 heterocycles. The molecule has 0 aromatic heterocycles. The van der Waals surface area contributed by atoms with Gasteiger partial charge in [-0.2, -0.15) is 0 Å². The maximum absolute atomic E-state index is 10.9. The Balaban J connectivity index is 3.22. The van der Waals surface area contributed by atoms with Crippen LogP contribution in [0.25, 0.3) is 0 Å². The predicted molar refractivity (Wildman–Crippen MR) is 47.4 cm³/mol. The first-order valence-electron chi connectivity index (χ1n) is 3.42. The van der Waals surface area contributed by atoms with Gasteiger partial charge in [0.1, 0.15) is 0 Å². The molecule has 0 aliphatic heterocycles. The lowest BCUT2D eigenvalue weighted by atomic mass is 10.0. The van der Waals surface area contributed by atoms with E-state index in [0.29, 0.717) is 5.92 Å². The van der Waals surface area contributed by atoms with E-state index in [1.54, 1.807) is 0 Å². The normalized spacial score (nSPS) is 17.3. The van der Waals surface area contributed by atoms with E-state index in [0.717, 1.165) is 17.3 Å². The SMILES string of the molecule is CCC([O])CC(C)CI. The number of hydrogen-bond donors (Lipinski definition) is 0. The zero-order valence-corrected chi connectivity index (χ0v) is 8.22. The first-order chi connectivity index (χ1) is 4.20. The van der Waals surface area contributed by atoms with Crippen LogP contribution < -0.4 is 0 Å². The molecule has 0 saturated carbocycles. The monoisotopic (exact) mass is 241 g/mol. The molecule has 0 aliphatic rings. The summed E-state index contributed by atoms with van der Waals surface area (Å²) in [4.78, 5) is 0. The minimum absolute atomic E-state index is 0.324. The van der Waals surface area contributed by atoms with Gasteiger partial charge in [-0.15, -0.1) is 0 Å². The van der Waals surface area contributed by atoms with Crippen molar-refractivity contribution in [3.8, 4) is 0 Å². The van der Waals surface area contributed by atoms with Gasteiger partial charge in [0.15, 0.2) is 0 Å². The molecule has 1 nitrogen and oxygen atoms in total. The second-order valence-corrected chi connectivity index (χ2v) is 3.41. The average molecular weight is 241 g/mol. The third-order valence-electron chi connectivity index (χ3n) is 1.38. The molecule has 0 spiro atoms. The van der Waals surface area contributed by atoms with Crippen LogP contribution in [0.4, 0.5) is 0 Å². The molecule has 2 unspecified atom stereocenters. The van der Waals surface area contributed by atoms with Crippen molar-refractivity contribution in [2.75, 3.05) is 4.43 Å². The molecule has 0 fully saturated rings. The summed E-state index contributed by atoms with van der Waals surface area (Å²) in [6, 6.07) is 0. The van der Waals surface area contributed by atoms with E-state index in [9.17, 15) is 5.11 Å². The lowest BCUT2D eigenvalue weighted by Gasteiger charge is -2.09. The van der Waals surface area contributed by atoms with Crippen molar-refractivity contribution < 1.29 is 5.11 Å². The Hall–Kier alpha value is 0.690. The van der Waals surface area contributed by atoms with Crippen LogP contribution in [0.15, 0.2) is 0 Å². The topological polar surface area (TPSA) is 19.9 Å². The quantitative estimate of drug-likeness (QED) is 0.532. The minimum Gasteiger partial charge on any atom is -0.233 e. The van der Waals surface area contributed by atoms with E-state index < -0.39 is 0 Å². The number of rotatable bonds is 4. The van der Waals surface area contributed by atoms with Crippen molar-refractivity contribution in [1.82, 2.24) is 0 Å². The highest BCUT2D eigenvalue weighted by atomic mass is 127. The highest BCUT2D eigenvalue weighted by molar-refractivity contribution is 14.1. The van der Waals surface area contributed by atoms with Gasteiger partial charge in [-0.25, -0.2) is 5.11 Å². The molecule has 0 saturated heterocycles. The van der Waals surface area contributed by atoms with Gasteiger partial charge in [-0.05, 0) is 18.8 Å². The summed E-state index contributed by atoms with van der Waals surface area (Å²) in [6.45, 7) is 4.09. The minimum atomic E-state index is -0.324. The Labute approximate surface area is 71.0 Å². The van der Waals surface area contributed by atoms with Crippen molar-refractivity contribution in [3.63, 3.8) is 0 Å². The maximum atomic E-state index is 10.9. The van der Waals surface area contributed by atoms with Crippen LogP contribution in [0.2, 0.25) is 0 Å². The third-order valence-corrected chi connectivity index (χ3v) is 2.89. The number of halogens is 1. The van der Waals surface area contributed by atoms with E-state index in [4.69, 9.17) is 0 Å². The summed E-state index contributed by atoms with van der Waals surface area (Å²) in [6.07, 6.45) is 1.30. The molecule has 9 heavy (non-hydrogen) atoms. The first kappa shape index (κ1) is 9.69. The zero-order valence-electron chi connectivity index (χ0n) is 6.06. The van der Waals surface area contributed by atoms with Crippen molar-refractivity contribution in [2.24, 2.45) is 5.92 Å². The van der Waals surface area contributed by atoms with Gasteiger partial charge in [0.2, 0.25) is 0 Å². The van der Waals surface area contributed by atoms with Crippen LogP contribution in [-0.2, 0) is 5.11 Å². The molecule has 55 valence electrons. The van der Waals surface area contributed by atoms with Gasteiger partial charge in [0.05, 0.1) is 6.10 Å². The van der Waals surface area contributed by atoms with Crippen molar-refractivity contribution in [2.45, 2.75) is 32.8 Å². The Morgan fingerprint density at radius 2 is 2.11 bits per heavy atom. The fourth-order valence-corrected chi connectivity index (χ4v) is 1.04. The van der Waals surface area contributed by atoms with E-state index in [-0.39, 0.29) is 6.10 Å². The van der Waals surface area contributed by atoms with E-state index in [1.165, 1.54) is 0 Å². The molecular formula is C7H14IO. The second-order valence-electron chi connectivity index (χ2n) is 2.53. The van der Waals surface area contributed by atoms with Crippen LogP contribution >= 0.6 is 22.6 Å². The average Bonchev–Trinajstić information content (AvgIpc) is 1.87. The summed E-state index contributed by atoms with van der Waals surface area (Å²) in [5.41, 5.74) is 0. The van der Waals surface area contributed by atoms with Gasteiger partial charge in [-0.1, -0.05) is 36.4 Å². The third kappa shape index (κ3) is 5.15. The van der Waals surface area contributed by atoms with Gasteiger partial charge < -0.3 is 0 Å². The van der Waals surface area contributed by atoms with Crippen LogP contribution in [0.3, 0.4) is 0 Å². The van der Waals surface area contributed by atoms with Gasteiger partial charge >= 0.3 is 0 Å². The van der Waals surface area contributed by atoms with Crippen molar-refractivity contribution in [3.05, 3.63) is 0 Å². The fraction of sp³-hybridized carbons (Fsp3) is 1.00. The molecule has 2 heteroatoms. The molecular weight excluding hydrogens is 227 g/mol. The standard InChI is InChI=1S/C7H14IO/c1-3-7(9)4-6(2)5-8/h6-7H,3-5H2,1-2H3. The van der Waals surface area contributed by atoms with Crippen molar-refractivity contribution in [1.29, 1.82) is 0 Å². The maximum Gasteiger partial charge on any atom is 0.0930 e. The lowest BCUT2D eigenvalue weighted by molar-refractivity contribution is 0.0680. The van der Waals surface area contributed by atoms with Crippen LogP contribution in [0, 0.1) is 5.92 Å². The Morgan fingerprint density at radius 3 is 2.44 bits per heavy atom. The first-order valence-corrected chi connectivity index (χ1v) is 4.95. The zero-order chi connectivity index (χ0) is 7.28. The molecule has 0 amide bonds. The fourth-order valence-electron chi connectivity index (χ4n) is 0.678. The number of alkyl halides is 1. The van der Waals surface area contributed by atoms with Gasteiger partial charge in [-0.3, -0.25) is 0 Å². The largest absolute Gasteiger partial charge is 0.233 e. The summed E-state index contributed by atoms with van der Waals surface area (Å²) in [5, 5.41) is 10.9. The Kier molecular flexibility index (Phi) is 5.89. The smallest absolute Gasteiger partial charge is 0.0930 e. The molecule has 0 N–H and O–H groups in total. The summed E-state index contributed by atoms with van der Waals surface area (Å²) < 4.78 is 1.11. The molecule has 2 atom stereocenters. The van der Waals surface area contributed by atoms with Gasteiger partial charge in [0.25, 0.3) is 0 Å². The molecule has 0 aromatic rings. The Morgan fingerprint density at radius 1 is 1.56 bits per heavy atom.